The maximum atomic E-state index is 13.2. The minimum Gasteiger partial charge on any atom is -0.481 e. The molecule has 0 aliphatic rings. The fourth-order valence-electron chi connectivity index (χ4n) is 3.47. The summed E-state index contributed by atoms with van der Waals surface area (Å²) in [5.41, 5.74) is 7.00. The Labute approximate surface area is 210 Å². The largest absolute Gasteiger partial charge is 0.481 e. The number of rotatable bonds is 14. The van der Waals surface area contributed by atoms with Crippen LogP contribution in [0.25, 0.3) is 10.9 Å². The predicted octanol–water partition coefficient (Wildman–Crippen LogP) is -1.06. The van der Waals surface area contributed by atoms with E-state index in [1.165, 1.54) is 6.92 Å². The summed E-state index contributed by atoms with van der Waals surface area (Å²) < 4.78 is 0. The van der Waals surface area contributed by atoms with Crippen LogP contribution in [0.5, 0.6) is 0 Å². The molecule has 0 saturated heterocycles. The van der Waals surface area contributed by atoms with Gasteiger partial charge in [0.2, 0.25) is 17.7 Å². The molecule has 0 fully saturated rings. The molecule has 200 valence electrons. The quantitative estimate of drug-likeness (QED) is 0.150. The first-order valence-electron chi connectivity index (χ1n) is 11.3. The molecule has 4 unspecified atom stereocenters. The molecule has 0 bridgehead atoms. The number of aliphatic carboxylic acids is 3. The van der Waals surface area contributed by atoms with Crippen LogP contribution in [0.1, 0.15) is 31.7 Å². The second-order valence-corrected chi connectivity index (χ2v) is 8.39. The maximum absolute atomic E-state index is 13.2. The summed E-state index contributed by atoms with van der Waals surface area (Å²) in [5, 5.41) is 34.7. The van der Waals surface area contributed by atoms with Crippen molar-refractivity contribution in [2.45, 2.75) is 56.8 Å². The molecule has 1 heterocycles. The van der Waals surface area contributed by atoms with E-state index in [-0.39, 0.29) is 12.8 Å². The minimum atomic E-state index is -1.46. The highest BCUT2D eigenvalue weighted by Gasteiger charge is 2.30. The zero-order chi connectivity index (χ0) is 27.7. The summed E-state index contributed by atoms with van der Waals surface area (Å²) in [6.45, 7) is 1.19. The van der Waals surface area contributed by atoms with Gasteiger partial charge in [-0.2, -0.15) is 0 Å². The predicted molar refractivity (Wildman–Crippen MR) is 128 cm³/mol. The van der Waals surface area contributed by atoms with Crippen molar-refractivity contribution >= 4 is 46.5 Å². The summed E-state index contributed by atoms with van der Waals surface area (Å²) in [4.78, 5) is 74.5. The standard InChI is InChI=1S/C23H29N5O9/c1-11(23(36)37)26-21(34)16(6-7-18(29)30)27-22(35)17(28-20(33)14(24)9-19(31)32)8-12-10-25-15-5-3-2-4-13(12)15/h2-5,10-11,14,16-17,25H,6-9,24H2,1H3,(H,26,34)(H,27,35)(H,28,33)(H,29,30)(H,31,32)(H,36,37). The van der Waals surface area contributed by atoms with Crippen molar-refractivity contribution in [2.75, 3.05) is 0 Å². The van der Waals surface area contributed by atoms with Crippen molar-refractivity contribution in [3.05, 3.63) is 36.0 Å². The summed E-state index contributed by atoms with van der Waals surface area (Å²) in [6.07, 6.45) is -0.0180. The number of carboxylic acids is 3. The molecule has 1 aromatic carbocycles. The topological polar surface area (TPSA) is 241 Å². The summed E-state index contributed by atoms with van der Waals surface area (Å²) in [6, 6.07) is 1.61. The lowest BCUT2D eigenvalue weighted by Crippen LogP contribution is -2.57. The number of para-hydroxylation sites is 1. The number of carbonyl (C=O) groups is 6. The number of hydrogen-bond donors (Lipinski definition) is 8. The van der Waals surface area contributed by atoms with Crippen molar-refractivity contribution in [2.24, 2.45) is 5.73 Å². The van der Waals surface area contributed by atoms with Crippen LogP contribution in [0.15, 0.2) is 30.5 Å². The number of fused-ring (bicyclic) bond motifs is 1. The number of aromatic nitrogens is 1. The molecule has 0 saturated carbocycles. The molecular formula is C23H29N5O9. The molecular weight excluding hydrogens is 490 g/mol. The molecule has 9 N–H and O–H groups in total. The van der Waals surface area contributed by atoms with Crippen LogP contribution in [0.4, 0.5) is 0 Å². The Bertz CT molecular complexity index is 1180. The average molecular weight is 520 g/mol. The Balaban J connectivity index is 2.30. The zero-order valence-electron chi connectivity index (χ0n) is 19.9. The third-order valence-electron chi connectivity index (χ3n) is 5.47. The van der Waals surface area contributed by atoms with Gasteiger partial charge in [-0.05, 0) is 25.0 Å². The van der Waals surface area contributed by atoms with Gasteiger partial charge < -0.3 is 42.0 Å². The minimum absolute atomic E-state index is 0.0832. The number of aromatic amines is 1. The van der Waals surface area contributed by atoms with Crippen LogP contribution in [0.3, 0.4) is 0 Å². The van der Waals surface area contributed by atoms with E-state index in [2.05, 4.69) is 20.9 Å². The van der Waals surface area contributed by atoms with Crippen molar-refractivity contribution < 1.29 is 44.1 Å². The number of nitrogens with one attached hydrogen (secondary N) is 4. The molecule has 4 atom stereocenters. The van der Waals surface area contributed by atoms with Crippen LogP contribution in [-0.2, 0) is 35.2 Å². The van der Waals surface area contributed by atoms with Gasteiger partial charge in [-0.1, -0.05) is 18.2 Å². The van der Waals surface area contributed by atoms with E-state index in [4.69, 9.17) is 21.1 Å². The van der Waals surface area contributed by atoms with Crippen LogP contribution >= 0.6 is 0 Å². The van der Waals surface area contributed by atoms with Gasteiger partial charge in [-0.15, -0.1) is 0 Å². The van der Waals surface area contributed by atoms with Gasteiger partial charge in [-0.3, -0.25) is 28.8 Å². The molecule has 1 aromatic heterocycles. The van der Waals surface area contributed by atoms with Crippen molar-refractivity contribution in [1.82, 2.24) is 20.9 Å². The van der Waals surface area contributed by atoms with Crippen molar-refractivity contribution in [1.29, 1.82) is 0 Å². The second kappa shape index (κ2) is 13.0. The first-order chi connectivity index (χ1) is 17.4. The van der Waals surface area contributed by atoms with Gasteiger partial charge in [0, 0.05) is 29.9 Å². The summed E-state index contributed by atoms with van der Waals surface area (Å²) in [5.74, 6) is -6.64. The number of H-pyrrole nitrogens is 1. The van der Waals surface area contributed by atoms with Crippen LogP contribution in [0.2, 0.25) is 0 Å². The lowest BCUT2D eigenvalue weighted by Gasteiger charge is -2.24. The fraction of sp³-hybridized carbons (Fsp3) is 0.391. The van der Waals surface area contributed by atoms with Crippen molar-refractivity contribution in [3.8, 4) is 0 Å². The summed E-state index contributed by atoms with van der Waals surface area (Å²) >= 11 is 0. The van der Waals surface area contributed by atoms with E-state index in [0.29, 0.717) is 5.56 Å². The lowest BCUT2D eigenvalue weighted by molar-refractivity contribution is -0.142. The molecule has 0 aliphatic carbocycles. The molecule has 37 heavy (non-hydrogen) atoms. The molecule has 2 aromatic rings. The van der Waals surface area contributed by atoms with E-state index in [9.17, 15) is 28.8 Å². The van der Waals surface area contributed by atoms with E-state index in [1.807, 2.05) is 0 Å². The Hall–Kier alpha value is -4.46. The van der Waals surface area contributed by atoms with Gasteiger partial charge in [0.25, 0.3) is 0 Å². The first-order valence-corrected chi connectivity index (χ1v) is 11.3. The SMILES string of the molecule is CC(NC(=O)C(CCC(=O)O)NC(=O)C(Cc1c[nH]c2ccccc12)NC(=O)C(N)CC(=O)O)C(=O)O. The van der Waals surface area contributed by atoms with Gasteiger partial charge in [-0.25, -0.2) is 0 Å². The highest BCUT2D eigenvalue weighted by molar-refractivity contribution is 5.95. The van der Waals surface area contributed by atoms with Crippen LogP contribution in [-0.4, -0.2) is 80.1 Å². The Morgan fingerprint density at radius 2 is 1.51 bits per heavy atom. The van der Waals surface area contributed by atoms with E-state index >= 15 is 0 Å². The number of carboxylic acid groups (broad SMARTS) is 3. The highest BCUT2D eigenvalue weighted by Crippen LogP contribution is 2.19. The Kier molecular flexibility index (Phi) is 10.1. The number of carbonyl (C=O) groups excluding carboxylic acids is 3. The second-order valence-electron chi connectivity index (χ2n) is 8.39. The number of benzene rings is 1. The average Bonchev–Trinajstić information content (AvgIpc) is 3.23. The fourth-order valence-corrected chi connectivity index (χ4v) is 3.47. The van der Waals surface area contributed by atoms with E-state index in [0.717, 1.165) is 10.9 Å². The molecule has 0 spiro atoms. The number of nitrogens with two attached hydrogens (primary N) is 1. The van der Waals surface area contributed by atoms with E-state index in [1.54, 1.807) is 30.5 Å². The monoisotopic (exact) mass is 519 g/mol. The first kappa shape index (κ1) is 28.8. The Morgan fingerprint density at radius 1 is 0.892 bits per heavy atom. The van der Waals surface area contributed by atoms with Crippen LogP contribution < -0.4 is 21.7 Å². The van der Waals surface area contributed by atoms with Gasteiger partial charge in [0.05, 0.1) is 12.5 Å². The molecule has 14 nitrogen and oxygen atoms in total. The smallest absolute Gasteiger partial charge is 0.325 e. The van der Waals surface area contributed by atoms with E-state index < -0.39 is 72.6 Å². The highest BCUT2D eigenvalue weighted by atomic mass is 16.4. The normalized spacial score (nSPS) is 14.1. The summed E-state index contributed by atoms with van der Waals surface area (Å²) in [7, 11) is 0. The lowest BCUT2D eigenvalue weighted by atomic mass is 10.0. The maximum Gasteiger partial charge on any atom is 0.325 e. The van der Waals surface area contributed by atoms with Gasteiger partial charge >= 0.3 is 17.9 Å². The molecule has 3 amide bonds. The molecule has 0 radical (unpaired) electrons. The third kappa shape index (κ3) is 8.61. The van der Waals surface area contributed by atoms with Crippen LogP contribution in [0, 0.1) is 0 Å². The number of amides is 3. The third-order valence-corrected chi connectivity index (χ3v) is 5.47. The number of hydrogen-bond acceptors (Lipinski definition) is 7. The zero-order valence-corrected chi connectivity index (χ0v) is 19.9. The van der Waals surface area contributed by atoms with Crippen molar-refractivity contribution in [3.63, 3.8) is 0 Å². The molecule has 2 rings (SSSR count). The van der Waals surface area contributed by atoms with Gasteiger partial charge in [0.15, 0.2) is 0 Å². The Morgan fingerprint density at radius 3 is 2.14 bits per heavy atom. The molecule has 14 heteroatoms. The van der Waals surface area contributed by atoms with Gasteiger partial charge in [0.1, 0.15) is 18.1 Å². The molecule has 0 aliphatic heterocycles.